The fourth-order valence-corrected chi connectivity index (χ4v) is 1.50. The number of carbonyl (C=O) groups is 2. The van der Waals surface area contributed by atoms with Gasteiger partial charge in [0.25, 0.3) is 0 Å². The molecule has 0 bridgehead atoms. The van der Waals surface area contributed by atoms with Crippen LogP contribution >= 0.6 is 0 Å². The van der Waals surface area contributed by atoms with Crippen LogP contribution in [0.3, 0.4) is 0 Å². The van der Waals surface area contributed by atoms with Gasteiger partial charge in [-0.15, -0.1) is 0 Å². The minimum absolute atomic E-state index is 0.462. The quantitative estimate of drug-likeness (QED) is 0.298. The topological polar surface area (TPSA) is 186 Å². The first-order valence-electron chi connectivity index (χ1n) is 6.65. The van der Waals surface area contributed by atoms with Crippen molar-refractivity contribution in [3.8, 4) is 0 Å². The number of hydrogen-bond donors (Lipinski definition) is 6. The molecule has 0 atom stereocenters. The summed E-state index contributed by atoms with van der Waals surface area (Å²) < 4.78 is 9.57. The molecule has 0 radical (unpaired) electrons. The van der Waals surface area contributed by atoms with E-state index in [1.54, 1.807) is 0 Å². The molecule has 2 aliphatic heterocycles. The molecule has 0 aliphatic carbocycles. The number of carboxylic acid groups (broad SMARTS) is 2. The molecule has 2 rings (SSSR count). The maximum atomic E-state index is 9.20. The molecular weight excluding hydrogens is 300 g/mol. The van der Waals surface area contributed by atoms with Gasteiger partial charge in [0.15, 0.2) is 0 Å². The monoisotopic (exact) mass is 324 g/mol. The van der Waals surface area contributed by atoms with Crippen molar-refractivity contribution < 1.29 is 39.5 Å². The zero-order valence-electron chi connectivity index (χ0n) is 12.2. The minimum atomic E-state index is -1.82. The van der Waals surface area contributed by atoms with Crippen LogP contribution in [-0.2, 0) is 19.1 Å². The van der Waals surface area contributed by atoms with E-state index in [-0.39, 0.29) is 0 Å². The van der Waals surface area contributed by atoms with Crippen molar-refractivity contribution in [1.82, 2.24) is 0 Å². The largest absolute Gasteiger partial charge is 0.473 e. The van der Waals surface area contributed by atoms with E-state index in [4.69, 9.17) is 40.7 Å². The van der Waals surface area contributed by atoms with Gasteiger partial charge in [-0.05, 0) is 25.9 Å². The first kappa shape index (κ1) is 20.7. The molecule has 2 fully saturated rings. The lowest BCUT2D eigenvalue weighted by atomic mass is 9.98. The van der Waals surface area contributed by atoms with Crippen LogP contribution < -0.4 is 11.5 Å². The van der Waals surface area contributed by atoms with Gasteiger partial charge in [0.2, 0.25) is 0 Å². The predicted octanol–water partition coefficient (Wildman–Crippen LogP) is -2.65. The Morgan fingerprint density at radius 2 is 1.09 bits per heavy atom. The summed E-state index contributed by atoms with van der Waals surface area (Å²) in [6, 6.07) is 0. The van der Waals surface area contributed by atoms with Crippen molar-refractivity contribution in [3.05, 3.63) is 0 Å². The van der Waals surface area contributed by atoms with Crippen LogP contribution in [0.15, 0.2) is 0 Å². The second-order valence-corrected chi connectivity index (χ2v) is 5.12. The molecule has 0 aromatic heterocycles. The van der Waals surface area contributed by atoms with Gasteiger partial charge in [-0.25, -0.2) is 9.59 Å². The van der Waals surface area contributed by atoms with Gasteiger partial charge in [0, 0.05) is 0 Å². The van der Waals surface area contributed by atoms with E-state index in [0.29, 0.717) is 52.4 Å². The molecule has 130 valence electrons. The first-order valence-corrected chi connectivity index (χ1v) is 6.65. The zero-order valence-corrected chi connectivity index (χ0v) is 12.2. The Hall–Kier alpha value is -1.30. The van der Waals surface area contributed by atoms with Gasteiger partial charge in [-0.2, -0.15) is 0 Å². The van der Waals surface area contributed by atoms with Gasteiger partial charge in [-0.3, -0.25) is 0 Å². The van der Waals surface area contributed by atoms with Gasteiger partial charge in [-0.1, -0.05) is 0 Å². The second kappa shape index (κ2) is 9.66. The summed E-state index contributed by atoms with van der Waals surface area (Å²) in [5.41, 5.74) is 9.27. The average molecular weight is 324 g/mol. The van der Waals surface area contributed by atoms with E-state index >= 15 is 0 Å². The van der Waals surface area contributed by atoms with Crippen molar-refractivity contribution in [2.45, 2.75) is 24.0 Å². The van der Waals surface area contributed by atoms with Crippen LogP contribution in [0.25, 0.3) is 0 Å². The molecule has 22 heavy (non-hydrogen) atoms. The molecule has 2 saturated heterocycles. The van der Waals surface area contributed by atoms with Gasteiger partial charge in [0.05, 0.1) is 26.4 Å². The fourth-order valence-electron chi connectivity index (χ4n) is 1.50. The minimum Gasteiger partial charge on any atom is -0.473 e. The summed E-state index contributed by atoms with van der Waals surface area (Å²) in [6.45, 7) is 2.93. The van der Waals surface area contributed by atoms with Crippen LogP contribution in [0, 0.1) is 0 Å². The van der Waals surface area contributed by atoms with Crippen LogP contribution in [-0.4, -0.2) is 83.1 Å². The Bertz CT molecular complexity index is 321. The Kier molecular flexibility index (Phi) is 9.09. The highest BCUT2D eigenvalue weighted by molar-refractivity contribution is 6.27. The standard InChI is InChI=1S/2C5H11NO2.C2H2O4/c2*6-2-1-5(7)3-8-4-5;3-1(4)2(5)6/h2*7H,1-4,6H2;(H,3,4)(H,5,6). The number of hydrogen-bond acceptors (Lipinski definition) is 8. The first-order chi connectivity index (χ1) is 10.2. The number of nitrogens with two attached hydrogens (primary N) is 2. The average Bonchev–Trinajstić information content (AvgIpc) is 2.37. The maximum absolute atomic E-state index is 9.20. The molecule has 0 saturated carbocycles. The molecule has 0 aromatic rings. The predicted molar refractivity (Wildman–Crippen MR) is 74.2 cm³/mol. The molecule has 10 nitrogen and oxygen atoms in total. The van der Waals surface area contributed by atoms with Gasteiger partial charge >= 0.3 is 11.9 Å². The lowest BCUT2D eigenvalue weighted by Gasteiger charge is -2.35. The summed E-state index contributed by atoms with van der Waals surface area (Å²) >= 11 is 0. The van der Waals surface area contributed by atoms with Crippen LogP contribution in [0.2, 0.25) is 0 Å². The lowest BCUT2D eigenvalue weighted by Crippen LogP contribution is -2.50. The smallest absolute Gasteiger partial charge is 0.414 e. The van der Waals surface area contributed by atoms with E-state index in [9.17, 15) is 10.2 Å². The molecule has 2 heterocycles. The Labute approximate surface area is 127 Å². The van der Waals surface area contributed by atoms with Crippen LogP contribution in [0.4, 0.5) is 0 Å². The molecule has 0 amide bonds. The molecule has 0 unspecified atom stereocenters. The number of aliphatic hydroxyl groups is 2. The Morgan fingerprint density at radius 3 is 1.14 bits per heavy atom. The van der Waals surface area contributed by atoms with E-state index in [0.717, 1.165) is 0 Å². The van der Waals surface area contributed by atoms with Crippen molar-refractivity contribution in [1.29, 1.82) is 0 Å². The summed E-state index contributed by atoms with van der Waals surface area (Å²) in [5.74, 6) is -3.65. The molecular formula is C12H24N2O8. The van der Waals surface area contributed by atoms with Crippen LogP contribution in [0.5, 0.6) is 0 Å². The van der Waals surface area contributed by atoms with Crippen molar-refractivity contribution in [2.75, 3.05) is 39.5 Å². The van der Waals surface area contributed by atoms with E-state index in [2.05, 4.69) is 0 Å². The van der Waals surface area contributed by atoms with Gasteiger partial charge < -0.3 is 41.4 Å². The highest BCUT2D eigenvalue weighted by atomic mass is 16.5. The summed E-state index contributed by atoms with van der Waals surface area (Å²) in [7, 11) is 0. The number of ether oxygens (including phenoxy) is 2. The third kappa shape index (κ3) is 8.22. The second-order valence-electron chi connectivity index (χ2n) is 5.12. The molecule has 0 aromatic carbocycles. The maximum Gasteiger partial charge on any atom is 0.414 e. The third-order valence-corrected chi connectivity index (χ3v) is 2.89. The highest BCUT2D eigenvalue weighted by Gasteiger charge is 2.35. The van der Waals surface area contributed by atoms with Crippen LogP contribution in [0.1, 0.15) is 12.8 Å². The summed E-state index contributed by atoms with van der Waals surface area (Å²) in [5, 5.41) is 33.2. The van der Waals surface area contributed by atoms with Crippen molar-refractivity contribution >= 4 is 11.9 Å². The third-order valence-electron chi connectivity index (χ3n) is 2.89. The number of carboxylic acids is 2. The van der Waals surface area contributed by atoms with E-state index in [1.165, 1.54) is 0 Å². The van der Waals surface area contributed by atoms with E-state index in [1.807, 2.05) is 0 Å². The molecule has 2 aliphatic rings. The van der Waals surface area contributed by atoms with Gasteiger partial charge in [0.1, 0.15) is 11.2 Å². The van der Waals surface area contributed by atoms with E-state index < -0.39 is 23.1 Å². The number of aliphatic carboxylic acids is 2. The molecule has 8 N–H and O–H groups in total. The Balaban J connectivity index is 0.000000306. The number of rotatable bonds is 4. The van der Waals surface area contributed by atoms with Crippen molar-refractivity contribution in [3.63, 3.8) is 0 Å². The SMILES string of the molecule is NCCC1(O)COC1.NCCC1(O)COC1.O=C(O)C(=O)O. The molecule has 0 spiro atoms. The van der Waals surface area contributed by atoms with Crippen molar-refractivity contribution in [2.24, 2.45) is 11.5 Å². The normalized spacial score (nSPS) is 20.0. The fraction of sp³-hybridized carbons (Fsp3) is 0.833. The molecule has 10 heteroatoms. The Morgan fingerprint density at radius 1 is 0.818 bits per heavy atom. The summed E-state index contributed by atoms with van der Waals surface area (Å²) in [4.78, 5) is 18.2. The zero-order chi connectivity index (χ0) is 17.2. The highest BCUT2D eigenvalue weighted by Crippen LogP contribution is 2.19. The lowest BCUT2D eigenvalue weighted by molar-refractivity contribution is -0.179. The summed E-state index contributed by atoms with van der Waals surface area (Å²) in [6.07, 6.45) is 1.32.